The third-order valence-electron chi connectivity index (χ3n) is 6.08. The Hall–Kier alpha value is -1.41. The van der Waals surface area contributed by atoms with Crippen LogP contribution < -0.4 is 5.32 Å². The Balaban J connectivity index is 1.79. The van der Waals surface area contributed by atoms with E-state index in [0.717, 1.165) is 12.8 Å². The van der Waals surface area contributed by atoms with Crippen LogP contribution in [0.1, 0.15) is 57.4 Å². The second kappa shape index (κ2) is 7.31. The summed E-state index contributed by atoms with van der Waals surface area (Å²) in [6, 6.07) is -0.534. The lowest BCUT2D eigenvalue weighted by Crippen LogP contribution is -2.51. The fraction of sp³-hybridized carbons (Fsp3) is 0.778. The van der Waals surface area contributed by atoms with Crippen LogP contribution in [0.5, 0.6) is 0 Å². The van der Waals surface area contributed by atoms with Gasteiger partial charge in [0, 0.05) is 12.6 Å². The van der Waals surface area contributed by atoms with Crippen molar-refractivity contribution in [1.29, 1.82) is 0 Å². The van der Waals surface area contributed by atoms with Gasteiger partial charge in [0.1, 0.15) is 16.6 Å². The molecule has 146 valence electrons. The van der Waals surface area contributed by atoms with Gasteiger partial charge in [-0.15, -0.1) is 0 Å². The molecular weight excluding hydrogens is 354 g/mol. The number of rotatable bonds is 4. The van der Waals surface area contributed by atoms with Crippen molar-refractivity contribution in [1.82, 2.24) is 14.8 Å². The lowest BCUT2D eigenvalue weighted by Gasteiger charge is -2.35. The van der Waals surface area contributed by atoms with Gasteiger partial charge >= 0.3 is 0 Å². The molecule has 0 spiro atoms. The van der Waals surface area contributed by atoms with E-state index in [9.17, 15) is 13.2 Å². The van der Waals surface area contributed by atoms with Gasteiger partial charge in [-0.05, 0) is 44.9 Å². The molecule has 0 bridgehead atoms. The molecule has 0 radical (unpaired) electrons. The van der Waals surface area contributed by atoms with E-state index in [2.05, 4.69) is 24.3 Å². The first kappa shape index (κ1) is 19.4. The predicted octanol–water partition coefficient (Wildman–Crippen LogP) is 2.39. The summed E-state index contributed by atoms with van der Waals surface area (Å²) >= 11 is 0. The predicted molar refractivity (Wildman–Crippen MR) is 97.0 cm³/mol. The summed E-state index contributed by atoms with van der Waals surface area (Å²) in [5.41, 5.74) is 0.336. The molecule has 1 aliphatic carbocycles. The molecule has 0 aromatic carbocycles. The molecule has 1 saturated carbocycles. The van der Waals surface area contributed by atoms with Gasteiger partial charge in [0.25, 0.3) is 0 Å². The van der Waals surface area contributed by atoms with Gasteiger partial charge in [-0.2, -0.15) is 4.31 Å². The number of hydrogen-bond donors (Lipinski definition) is 1. The molecule has 1 aliphatic heterocycles. The van der Waals surface area contributed by atoms with Gasteiger partial charge in [-0.3, -0.25) is 4.79 Å². The largest absolute Gasteiger partial charge is 0.360 e. The molecule has 26 heavy (non-hydrogen) atoms. The number of carbonyl (C=O) groups excluding carboxylic acids is 1. The van der Waals surface area contributed by atoms with Gasteiger partial charge in [-0.25, -0.2) is 8.42 Å². The maximum Gasteiger partial charge on any atom is 0.249 e. The van der Waals surface area contributed by atoms with E-state index >= 15 is 0 Å². The average Bonchev–Trinajstić information content (AvgIpc) is 3.19. The first-order valence-corrected chi connectivity index (χ1v) is 10.9. The van der Waals surface area contributed by atoms with E-state index < -0.39 is 16.1 Å². The molecular formula is C18H29N3O4S. The fourth-order valence-electron chi connectivity index (χ4n) is 4.31. The normalized spacial score (nSPS) is 30.5. The van der Waals surface area contributed by atoms with Crippen molar-refractivity contribution in [2.24, 2.45) is 11.8 Å². The molecule has 1 N–H and O–H groups in total. The van der Waals surface area contributed by atoms with Crippen molar-refractivity contribution in [3.8, 4) is 0 Å². The zero-order valence-electron chi connectivity index (χ0n) is 16.0. The highest BCUT2D eigenvalue weighted by molar-refractivity contribution is 7.89. The van der Waals surface area contributed by atoms with E-state index in [1.807, 2.05) is 0 Å². The third-order valence-corrected chi connectivity index (χ3v) is 8.23. The number of hydrogen-bond acceptors (Lipinski definition) is 5. The van der Waals surface area contributed by atoms with Gasteiger partial charge in [0.2, 0.25) is 15.9 Å². The van der Waals surface area contributed by atoms with E-state index in [1.165, 1.54) is 10.7 Å². The number of nitrogens with one attached hydrogen (secondary N) is 1. The standard InChI is InChI=1S/C18H29N3O4S/c1-11-7-5-8-15(12(11)2)19-18(22)16-9-6-10-21(16)26(23,24)17-13(3)20-25-14(17)4/h11-12,15-16H,5-10H2,1-4H3,(H,19,22)/t11-,12-,15-,16-/m1/s1. The first-order valence-electron chi connectivity index (χ1n) is 9.48. The Morgan fingerprint density at radius 3 is 2.58 bits per heavy atom. The number of sulfonamides is 1. The van der Waals surface area contributed by atoms with E-state index in [1.54, 1.807) is 13.8 Å². The van der Waals surface area contributed by atoms with Crippen molar-refractivity contribution in [3.05, 3.63) is 11.5 Å². The Morgan fingerprint density at radius 1 is 1.19 bits per heavy atom. The molecule has 3 rings (SSSR count). The van der Waals surface area contributed by atoms with Crippen molar-refractivity contribution in [2.45, 2.75) is 76.8 Å². The van der Waals surface area contributed by atoms with Crippen LogP contribution in [0, 0.1) is 25.7 Å². The minimum absolute atomic E-state index is 0.0943. The Morgan fingerprint density at radius 2 is 1.92 bits per heavy atom. The minimum atomic E-state index is -3.80. The number of carbonyl (C=O) groups is 1. The third kappa shape index (κ3) is 3.41. The average molecular weight is 384 g/mol. The van der Waals surface area contributed by atoms with Crippen LogP contribution in [-0.4, -0.2) is 42.4 Å². The van der Waals surface area contributed by atoms with Crippen molar-refractivity contribution < 1.29 is 17.7 Å². The molecule has 1 aromatic heterocycles. The molecule has 7 nitrogen and oxygen atoms in total. The van der Waals surface area contributed by atoms with Crippen LogP contribution in [0.25, 0.3) is 0 Å². The topological polar surface area (TPSA) is 92.5 Å². The fourth-order valence-corrected chi connectivity index (χ4v) is 6.27. The summed E-state index contributed by atoms with van der Waals surface area (Å²) in [6.07, 6.45) is 4.47. The molecule has 4 atom stereocenters. The highest BCUT2D eigenvalue weighted by atomic mass is 32.2. The van der Waals surface area contributed by atoms with Crippen LogP contribution in [0.2, 0.25) is 0 Å². The van der Waals surface area contributed by atoms with E-state index in [0.29, 0.717) is 36.9 Å². The second-order valence-corrected chi connectivity index (χ2v) is 9.64. The smallest absolute Gasteiger partial charge is 0.249 e. The van der Waals surface area contributed by atoms with Gasteiger partial charge in [0.05, 0.1) is 0 Å². The van der Waals surface area contributed by atoms with Crippen molar-refractivity contribution >= 4 is 15.9 Å². The molecule has 8 heteroatoms. The second-order valence-electron chi connectivity index (χ2n) is 7.81. The molecule has 2 aliphatic rings. The minimum Gasteiger partial charge on any atom is -0.360 e. The quantitative estimate of drug-likeness (QED) is 0.862. The lowest BCUT2D eigenvalue weighted by atomic mass is 9.78. The van der Waals surface area contributed by atoms with Crippen molar-refractivity contribution in [3.63, 3.8) is 0 Å². The summed E-state index contributed by atoms with van der Waals surface area (Å²) in [4.78, 5) is 13.0. The molecule has 2 fully saturated rings. The van der Waals surface area contributed by atoms with Crippen LogP contribution >= 0.6 is 0 Å². The zero-order chi connectivity index (χ0) is 19.1. The van der Waals surface area contributed by atoms with E-state index in [4.69, 9.17) is 4.52 Å². The van der Waals surface area contributed by atoms with Crippen LogP contribution in [0.3, 0.4) is 0 Å². The summed E-state index contributed by atoms with van der Waals surface area (Å²) in [5.74, 6) is 1.06. The lowest BCUT2D eigenvalue weighted by molar-refractivity contribution is -0.125. The van der Waals surface area contributed by atoms with Gasteiger partial charge in [0.15, 0.2) is 5.76 Å². The molecule has 0 unspecified atom stereocenters. The number of aromatic nitrogens is 1. The maximum atomic E-state index is 13.1. The zero-order valence-corrected chi connectivity index (χ0v) is 16.8. The van der Waals surface area contributed by atoms with Crippen LogP contribution in [-0.2, 0) is 14.8 Å². The molecule has 1 amide bonds. The van der Waals surface area contributed by atoms with E-state index in [-0.39, 0.29) is 22.6 Å². The highest BCUT2D eigenvalue weighted by Gasteiger charge is 2.42. The molecule has 2 heterocycles. The summed E-state index contributed by atoms with van der Waals surface area (Å²) in [5, 5.41) is 6.89. The summed E-state index contributed by atoms with van der Waals surface area (Å²) < 4.78 is 32.6. The highest BCUT2D eigenvalue weighted by Crippen LogP contribution is 2.32. The summed E-state index contributed by atoms with van der Waals surface area (Å²) in [6.45, 7) is 7.93. The van der Waals surface area contributed by atoms with Crippen LogP contribution in [0.15, 0.2) is 9.42 Å². The number of nitrogens with zero attached hydrogens (tertiary/aromatic N) is 2. The number of amides is 1. The Kier molecular flexibility index (Phi) is 5.44. The summed E-state index contributed by atoms with van der Waals surface area (Å²) in [7, 11) is -3.80. The monoisotopic (exact) mass is 383 g/mol. The van der Waals surface area contributed by atoms with Gasteiger partial charge < -0.3 is 9.84 Å². The van der Waals surface area contributed by atoms with Crippen LogP contribution in [0.4, 0.5) is 0 Å². The SMILES string of the molecule is Cc1noc(C)c1S(=O)(=O)N1CCC[C@@H]1C(=O)N[C@@H]1CCC[C@@H](C)[C@H]1C. The maximum absolute atomic E-state index is 13.1. The van der Waals surface area contributed by atoms with Gasteiger partial charge in [-0.1, -0.05) is 31.8 Å². The Bertz CT molecular complexity index is 754. The van der Waals surface area contributed by atoms with Crippen molar-refractivity contribution in [2.75, 3.05) is 6.54 Å². The molecule has 1 aromatic rings. The Labute approximate surface area is 155 Å². The number of aryl methyl sites for hydroxylation is 2. The first-order chi connectivity index (χ1) is 12.2. The molecule has 1 saturated heterocycles.